The minimum Gasteiger partial charge on any atom is -0.309 e. The molecule has 0 amide bonds. The lowest BCUT2D eigenvalue weighted by atomic mass is 9.87. The van der Waals surface area contributed by atoms with Crippen LogP contribution in [0.4, 0.5) is 17.1 Å². The number of hydrogen-bond acceptors (Lipinski definition) is 1. The Bertz CT molecular complexity index is 3230. The number of aromatic nitrogens is 1. The van der Waals surface area contributed by atoms with Crippen LogP contribution in [0.2, 0.25) is 0 Å². The highest BCUT2D eigenvalue weighted by Gasteiger charge is 2.24. The van der Waals surface area contributed by atoms with Crippen molar-refractivity contribution in [2.75, 3.05) is 4.90 Å². The summed E-state index contributed by atoms with van der Waals surface area (Å²) in [6.07, 6.45) is 0. The van der Waals surface area contributed by atoms with E-state index in [1.54, 1.807) is 0 Å². The molecule has 10 aromatic carbocycles. The van der Waals surface area contributed by atoms with Gasteiger partial charge in [0.15, 0.2) is 0 Å². The fourth-order valence-corrected chi connectivity index (χ4v) is 9.06. The number of rotatable bonds is 8. The van der Waals surface area contributed by atoms with Crippen molar-refractivity contribution < 1.29 is 0 Å². The van der Waals surface area contributed by atoms with E-state index in [2.05, 4.69) is 252 Å². The lowest BCUT2D eigenvalue weighted by molar-refractivity contribution is 1.18. The van der Waals surface area contributed by atoms with Crippen LogP contribution in [0.3, 0.4) is 0 Å². The molecule has 11 rings (SSSR count). The van der Waals surface area contributed by atoms with Crippen LogP contribution in [0.15, 0.2) is 243 Å². The topological polar surface area (TPSA) is 8.17 Å². The lowest BCUT2D eigenvalue weighted by Crippen LogP contribution is -2.12. The van der Waals surface area contributed by atoms with Crippen molar-refractivity contribution in [2.24, 2.45) is 0 Å². The van der Waals surface area contributed by atoms with Gasteiger partial charge >= 0.3 is 0 Å². The highest BCUT2D eigenvalue weighted by atomic mass is 15.1. The summed E-state index contributed by atoms with van der Waals surface area (Å²) in [5.74, 6) is 0. The van der Waals surface area contributed by atoms with Gasteiger partial charge in [-0.05, 0) is 92.9 Å². The Morgan fingerprint density at radius 1 is 0.283 bits per heavy atom. The highest BCUT2D eigenvalue weighted by molar-refractivity contribution is 6.09. The molecule has 0 bridgehead atoms. The summed E-state index contributed by atoms with van der Waals surface area (Å²) in [5, 5.41) is 4.93. The van der Waals surface area contributed by atoms with Crippen LogP contribution in [0, 0.1) is 0 Å². The van der Waals surface area contributed by atoms with Crippen molar-refractivity contribution in [1.29, 1.82) is 0 Å². The second-order valence-electron chi connectivity index (χ2n) is 15.3. The lowest BCUT2D eigenvalue weighted by Gasteiger charge is -2.31. The third-order valence-electron chi connectivity index (χ3n) is 11.8. The molecule has 0 unspecified atom stereocenters. The van der Waals surface area contributed by atoms with Crippen LogP contribution in [0.5, 0.6) is 0 Å². The number of anilines is 3. The maximum absolute atomic E-state index is 2.46. The Labute approximate surface area is 350 Å². The van der Waals surface area contributed by atoms with Crippen LogP contribution in [0.1, 0.15) is 0 Å². The van der Waals surface area contributed by atoms with Gasteiger partial charge in [0.05, 0.1) is 22.4 Å². The van der Waals surface area contributed by atoms with Crippen LogP contribution >= 0.6 is 0 Å². The van der Waals surface area contributed by atoms with E-state index < -0.39 is 0 Å². The molecule has 2 nitrogen and oxygen atoms in total. The average molecular weight is 765 g/mol. The predicted molar refractivity (Wildman–Crippen MR) is 255 cm³/mol. The quantitative estimate of drug-likeness (QED) is 0.150. The first-order chi connectivity index (χ1) is 29.8. The van der Waals surface area contributed by atoms with Gasteiger partial charge in [0.1, 0.15) is 0 Å². The Morgan fingerprint density at radius 3 is 1.42 bits per heavy atom. The van der Waals surface area contributed by atoms with Crippen molar-refractivity contribution in [3.05, 3.63) is 243 Å². The molecule has 0 spiro atoms. The monoisotopic (exact) mass is 764 g/mol. The first kappa shape index (κ1) is 35.2. The van der Waals surface area contributed by atoms with E-state index in [0.29, 0.717) is 0 Å². The van der Waals surface area contributed by atoms with E-state index in [0.717, 1.165) is 28.3 Å². The largest absolute Gasteiger partial charge is 0.309 e. The standard InChI is InChI=1S/C58H40N2/c1-3-17-43(18-4-1)48-23-9-10-27-53(48)58-50(45-19-5-2-6-20-45)28-16-32-57(58)60(54-31-15-22-44-21-7-8-24-49(44)54)47-39-35-42(36-40-47)41-33-37-46(38-34-41)59-55-29-13-11-25-51(55)52-26-12-14-30-56(52)59/h1-40H. The molecular weight excluding hydrogens is 725 g/mol. The van der Waals surface area contributed by atoms with Gasteiger partial charge in [-0.1, -0.05) is 194 Å². The molecule has 0 saturated heterocycles. The number of benzene rings is 10. The van der Waals surface area contributed by atoms with E-state index in [1.165, 1.54) is 71.5 Å². The molecule has 2 heteroatoms. The van der Waals surface area contributed by atoms with Gasteiger partial charge in [0, 0.05) is 33.1 Å². The summed E-state index contributed by atoms with van der Waals surface area (Å²) in [5.41, 5.74) is 16.3. The Balaban J connectivity index is 1.08. The van der Waals surface area contributed by atoms with Crippen molar-refractivity contribution in [1.82, 2.24) is 4.57 Å². The molecule has 0 saturated carbocycles. The first-order valence-electron chi connectivity index (χ1n) is 20.6. The second-order valence-corrected chi connectivity index (χ2v) is 15.3. The summed E-state index contributed by atoms with van der Waals surface area (Å²) < 4.78 is 2.37. The number of nitrogens with zero attached hydrogens (tertiary/aromatic N) is 2. The molecule has 0 fully saturated rings. The summed E-state index contributed by atoms with van der Waals surface area (Å²) in [6, 6.07) is 87.9. The minimum absolute atomic E-state index is 1.08. The zero-order valence-electron chi connectivity index (χ0n) is 33.0. The fraction of sp³-hybridized carbons (Fsp3) is 0. The normalized spacial score (nSPS) is 11.3. The molecule has 0 aliphatic heterocycles. The molecule has 0 aliphatic rings. The van der Waals surface area contributed by atoms with Crippen molar-refractivity contribution in [3.63, 3.8) is 0 Å². The van der Waals surface area contributed by atoms with Crippen molar-refractivity contribution in [2.45, 2.75) is 0 Å². The molecule has 1 heterocycles. The number of hydrogen-bond donors (Lipinski definition) is 0. The minimum atomic E-state index is 1.08. The Kier molecular flexibility index (Phi) is 8.87. The first-order valence-corrected chi connectivity index (χ1v) is 20.6. The van der Waals surface area contributed by atoms with E-state index in [4.69, 9.17) is 0 Å². The molecule has 0 radical (unpaired) electrons. The molecule has 0 atom stereocenters. The van der Waals surface area contributed by atoms with Crippen LogP contribution in [-0.4, -0.2) is 4.57 Å². The average Bonchev–Trinajstić information content (AvgIpc) is 3.67. The van der Waals surface area contributed by atoms with E-state index in [-0.39, 0.29) is 0 Å². The van der Waals surface area contributed by atoms with Gasteiger partial charge in [-0.15, -0.1) is 0 Å². The fourth-order valence-electron chi connectivity index (χ4n) is 9.06. The van der Waals surface area contributed by atoms with Gasteiger partial charge < -0.3 is 9.47 Å². The van der Waals surface area contributed by atoms with Gasteiger partial charge in [-0.2, -0.15) is 0 Å². The maximum Gasteiger partial charge on any atom is 0.0546 e. The SMILES string of the molecule is c1ccc(-c2ccccc2-c2c(-c3ccccc3)cccc2N(c2ccc(-c3ccc(-n4c5ccccc5c5ccccc54)cc3)cc2)c2cccc3ccccc23)cc1. The summed E-state index contributed by atoms with van der Waals surface area (Å²) in [6.45, 7) is 0. The number of para-hydroxylation sites is 2. The maximum atomic E-state index is 2.46. The molecule has 0 N–H and O–H groups in total. The van der Waals surface area contributed by atoms with Gasteiger partial charge in [0.25, 0.3) is 0 Å². The van der Waals surface area contributed by atoms with Crippen LogP contribution in [-0.2, 0) is 0 Å². The predicted octanol–water partition coefficient (Wildman–Crippen LogP) is 16.1. The van der Waals surface area contributed by atoms with Crippen LogP contribution in [0.25, 0.3) is 82.8 Å². The third-order valence-corrected chi connectivity index (χ3v) is 11.8. The van der Waals surface area contributed by atoms with E-state index in [1.807, 2.05) is 0 Å². The summed E-state index contributed by atoms with van der Waals surface area (Å²) in [7, 11) is 0. The van der Waals surface area contributed by atoms with E-state index >= 15 is 0 Å². The zero-order chi connectivity index (χ0) is 39.8. The Hall–Kier alpha value is -7.94. The van der Waals surface area contributed by atoms with Crippen molar-refractivity contribution in [3.8, 4) is 50.2 Å². The third kappa shape index (κ3) is 6.14. The van der Waals surface area contributed by atoms with Crippen LogP contribution < -0.4 is 4.90 Å². The smallest absolute Gasteiger partial charge is 0.0546 e. The summed E-state index contributed by atoms with van der Waals surface area (Å²) in [4.78, 5) is 2.46. The summed E-state index contributed by atoms with van der Waals surface area (Å²) >= 11 is 0. The second kappa shape index (κ2) is 15.1. The molecule has 0 aliphatic carbocycles. The molecule has 60 heavy (non-hydrogen) atoms. The van der Waals surface area contributed by atoms with Gasteiger partial charge in [0.2, 0.25) is 0 Å². The Morgan fingerprint density at radius 2 is 0.750 bits per heavy atom. The highest BCUT2D eigenvalue weighted by Crippen LogP contribution is 2.49. The van der Waals surface area contributed by atoms with E-state index in [9.17, 15) is 0 Å². The van der Waals surface area contributed by atoms with Crippen molar-refractivity contribution >= 4 is 49.6 Å². The number of fused-ring (bicyclic) bond motifs is 4. The molecule has 1 aromatic heterocycles. The molecule has 282 valence electrons. The molecule has 11 aromatic rings. The van der Waals surface area contributed by atoms with Gasteiger partial charge in [-0.3, -0.25) is 0 Å². The molecular formula is C58H40N2. The zero-order valence-corrected chi connectivity index (χ0v) is 33.0. The van der Waals surface area contributed by atoms with Gasteiger partial charge in [-0.25, -0.2) is 0 Å².